The smallest absolute Gasteiger partial charge is 0.320 e. The second-order valence-electron chi connectivity index (χ2n) is 3.16. The third kappa shape index (κ3) is 4.47. The maximum Gasteiger partial charge on any atom is 0.320 e. The summed E-state index contributed by atoms with van der Waals surface area (Å²) in [5.74, 6) is 0.00411. The molecule has 0 saturated carbocycles. The average molecular weight is 243 g/mol. The van der Waals surface area contributed by atoms with Crippen molar-refractivity contribution in [3.8, 4) is 5.75 Å². The van der Waals surface area contributed by atoms with E-state index >= 15 is 0 Å². The first-order chi connectivity index (χ1) is 7.53. The SMILES string of the molecule is COC(=O)CNP(C)(=O)Oc1ccccc1. The van der Waals surface area contributed by atoms with E-state index in [9.17, 15) is 9.36 Å². The number of ether oxygens (including phenoxy) is 1. The Morgan fingerprint density at radius 2 is 2.00 bits per heavy atom. The summed E-state index contributed by atoms with van der Waals surface area (Å²) in [5, 5.41) is 2.52. The Kier molecular flexibility index (Phi) is 4.52. The van der Waals surface area contributed by atoms with E-state index in [1.807, 2.05) is 6.07 Å². The van der Waals surface area contributed by atoms with Crippen LogP contribution in [0.4, 0.5) is 0 Å². The van der Waals surface area contributed by atoms with Gasteiger partial charge in [-0.25, -0.2) is 5.09 Å². The van der Waals surface area contributed by atoms with Gasteiger partial charge in [-0.15, -0.1) is 0 Å². The standard InChI is InChI=1S/C10H14NO4P/c1-14-10(12)8-11-16(2,13)15-9-6-4-3-5-7-9/h3-7H,8H2,1-2H3,(H,11,13). The molecule has 0 bridgehead atoms. The number of rotatable bonds is 5. The fourth-order valence-electron chi connectivity index (χ4n) is 0.995. The van der Waals surface area contributed by atoms with Gasteiger partial charge in [0, 0.05) is 6.66 Å². The van der Waals surface area contributed by atoms with Gasteiger partial charge in [0.2, 0.25) is 0 Å². The van der Waals surface area contributed by atoms with Crippen LogP contribution in [0, 0.1) is 0 Å². The van der Waals surface area contributed by atoms with Crippen molar-refractivity contribution in [3.05, 3.63) is 30.3 Å². The molecular weight excluding hydrogens is 229 g/mol. The van der Waals surface area contributed by atoms with Gasteiger partial charge in [-0.05, 0) is 12.1 Å². The summed E-state index contributed by atoms with van der Waals surface area (Å²) in [6.45, 7) is 1.26. The molecule has 5 nitrogen and oxygen atoms in total. The molecule has 1 rings (SSSR count). The molecule has 6 heteroatoms. The second kappa shape index (κ2) is 5.68. The molecule has 0 spiro atoms. The highest BCUT2D eigenvalue weighted by Crippen LogP contribution is 2.38. The summed E-state index contributed by atoms with van der Waals surface area (Å²) in [4.78, 5) is 10.8. The van der Waals surface area contributed by atoms with Gasteiger partial charge in [0.15, 0.2) is 0 Å². The van der Waals surface area contributed by atoms with Gasteiger partial charge in [-0.3, -0.25) is 9.36 Å². The normalized spacial score (nSPS) is 13.9. The van der Waals surface area contributed by atoms with Crippen LogP contribution in [-0.2, 0) is 14.1 Å². The molecule has 0 aromatic heterocycles. The van der Waals surface area contributed by atoms with Crippen molar-refractivity contribution >= 4 is 13.5 Å². The minimum atomic E-state index is -3.03. The number of methoxy groups -OCH3 is 1. The lowest BCUT2D eigenvalue weighted by atomic mass is 10.3. The molecule has 0 heterocycles. The van der Waals surface area contributed by atoms with E-state index in [0.29, 0.717) is 5.75 Å². The van der Waals surface area contributed by atoms with Crippen LogP contribution in [0.2, 0.25) is 0 Å². The molecule has 0 radical (unpaired) electrons. The molecule has 0 fully saturated rings. The molecule has 1 aromatic rings. The predicted octanol–water partition coefficient (Wildman–Crippen LogP) is 1.65. The van der Waals surface area contributed by atoms with Gasteiger partial charge in [0.1, 0.15) is 12.3 Å². The Labute approximate surface area is 94.3 Å². The molecule has 16 heavy (non-hydrogen) atoms. The first kappa shape index (κ1) is 12.7. The van der Waals surface area contributed by atoms with Crippen LogP contribution >= 0.6 is 7.52 Å². The lowest BCUT2D eigenvalue weighted by molar-refractivity contribution is -0.139. The third-order valence-corrected chi connectivity index (χ3v) is 3.05. The molecule has 0 amide bonds. The Balaban J connectivity index is 2.52. The minimum Gasteiger partial charge on any atom is -0.468 e. The Hall–Kier alpha value is -1.32. The highest BCUT2D eigenvalue weighted by Gasteiger charge is 2.18. The summed E-state index contributed by atoms with van der Waals surface area (Å²) in [6, 6.07) is 8.76. The van der Waals surface area contributed by atoms with Crippen molar-refractivity contribution in [2.45, 2.75) is 0 Å². The number of nitrogens with one attached hydrogen (secondary N) is 1. The van der Waals surface area contributed by atoms with Crippen molar-refractivity contribution in [2.75, 3.05) is 20.3 Å². The van der Waals surface area contributed by atoms with E-state index in [4.69, 9.17) is 4.52 Å². The van der Waals surface area contributed by atoms with E-state index < -0.39 is 13.5 Å². The third-order valence-electron chi connectivity index (χ3n) is 1.76. The van der Waals surface area contributed by atoms with Crippen molar-refractivity contribution in [1.29, 1.82) is 0 Å². The molecule has 1 atom stereocenters. The highest BCUT2D eigenvalue weighted by atomic mass is 31.2. The van der Waals surface area contributed by atoms with Crippen LogP contribution in [0.15, 0.2) is 30.3 Å². The van der Waals surface area contributed by atoms with Crippen LogP contribution in [0.1, 0.15) is 0 Å². The molecule has 0 aliphatic rings. The monoisotopic (exact) mass is 243 g/mol. The van der Waals surface area contributed by atoms with Crippen LogP contribution < -0.4 is 9.61 Å². The van der Waals surface area contributed by atoms with Gasteiger partial charge in [-0.2, -0.15) is 0 Å². The Morgan fingerprint density at radius 1 is 1.38 bits per heavy atom. The van der Waals surface area contributed by atoms with Gasteiger partial charge in [-0.1, -0.05) is 18.2 Å². The molecule has 88 valence electrons. The van der Waals surface area contributed by atoms with Crippen LogP contribution in [0.25, 0.3) is 0 Å². The van der Waals surface area contributed by atoms with Gasteiger partial charge in [0.25, 0.3) is 0 Å². The van der Waals surface area contributed by atoms with E-state index in [0.717, 1.165) is 0 Å². The maximum absolute atomic E-state index is 11.9. The Bertz CT molecular complexity index is 393. The zero-order chi connectivity index (χ0) is 12.0. The van der Waals surface area contributed by atoms with Crippen LogP contribution in [0.3, 0.4) is 0 Å². The van der Waals surface area contributed by atoms with Crippen molar-refractivity contribution < 1.29 is 18.6 Å². The topological polar surface area (TPSA) is 64.6 Å². The fourth-order valence-corrected chi connectivity index (χ4v) is 2.00. The maximum atomic E-state index is 11.9. The number of benzene rings is 1. The number of hydrogen-bond donors (Lipinski definition) is 1. The molecule has 1 aromatic carbocycles. The molecular formula is C10H14NO4P. The molecule has 0 saturated heterocycles. The van der Waals surface area contributed by atoms with E-state index in [1.165, 1.54) is 13.8 Å². The minimum absolute atomic E-state index is 0.142. The fraction of sp³-hybridized carbons (Fsp3) is 0.300. The quantitative estimate of drug-likeness (QED) is 0.629. The zero-order valence-electron chi connectivity index (χ0n) is 9.17. The number of carbonyl (C=O) groups excluding carboxylic acids is 1. The van der Waals surface area contributed by atoms with Gasteiger partial charge in [0.05, 0.1) is 7.11 Å². The molecule has 0 aliphatic heterocycles. The number of carbonyl (C=O) groups is 1. The van der Waals surface area contributed by atoms with Crippen molar-refractivity contribution in [2.24, 2.45) is 0 Å². The second-order valence-corrected chi connectivity index (χ2v) is 5.35. The number of esters is 1. The zero-order valence-corrected chi connectivity index (χ0v) is 10.1. The summed E-state index contributed by atoms with van der Waals surface area (Å²) < 4.78 is 21.5. The van der Waals surface area contributed by atoms with Crippen LogP contribution in [-0.4, -0.2) is 26.3 Å². The summed E-state index contributed by atoms with van der Waals surface area (Å²) in [7, 11) is -1.77. The molecule has 1 N–H and O–H groups in total. The lowest BCUT2D eigenvalue weighted by Gasteiger charge is -2.15. The van der Waals surface area contributed by atoms with E-state index in [2.05, 4.69) is 9.82 Å². The van der Waals surface area contributed by atoms with E-state index in [-0.39, 0.29) is 6.54 Å². The predicted molar refractivity (Wildman–Crippen MR) is 60.6 cm³/mol. The largest absolute Gasteiger partial charge is 0.468 e. The number of hydrogen-bond acceptors (Lipinski definition) is 4. The highest BCUT2D eigenvalue weighted by molar-refractivity contribution is 7.56. The summed E-state index contributed by atoms with van der Waals surface area (Å²) >= 11 is 0. The summed E-state index contributed by atoms with van der Waals surface area (Å²) in [6.07, 6.45) is 0. The Morgan fingerprint density at radius 3 is 2.56 bits per heavy atom. The van der Waals surface area contributed by atoms with Crippen LogP contribution in [0.5, 0.6) is 5.75 Å². The lowest BCUT2D eigenvalue weighted by Crippen LogP contribution is -2.23. The summed E-state index contributed by atoms with van der Waals surface area (Å²) in [5.41, 5.74) is 0. The first-order valence-corrected chi connectivity index (χ1v) is 6.75. The first-order valence-electron chi connectivity index (χ1n) is 4.67. The molecule has 1 unspecified atom stereocenters. The average Bonchev–Trinajstić information content (AvgIpc) is 2.27. The number of para-hydroxylation sites is 1. The van der Waals surface area contributed by atoms with Crippen molar-refractivity contribution in [3.63, 3.8) is 0 Å². The van der Waals surface area contributed by atoms with Gasteiger partial charge >= 0.3 is 13.5 Å². The van der Waals surface area contributed by atoms with Gasteiger partial charge < -0.3 is 9.26 Å². The molecule has 0 aliphatic carbocycles. The van der Waals surface area contributed by atoms with E-state index in [1.54, 1.807) is 24.3 Å². The van der Waals surface area contributed by atoms with Crippen molar-refractivity contribution in [1.82, 2.24) is 5.09 Å².